The fourth-order valence-electron chi connectivity index (χ4n) is 13.0. The zero-order valence-corrected chi connectivity index (χ0v) is 51.0. The highest BCUT2D eigenvalue weighted by Crippen LogP contribution is 2.41. The first-order chi connectivity index (χ1) is 43.2. The van der Waals surface area contributed by atoms with E-state index < -0.39 is 7.12 Å². The van der Waals surface area contributed by atoms with Crippen molar-refractivity contribution in [3.8, 4) is 33.3 Å². The summed E-state index contributed by atoms with van der Waals surface area (Å²) in [7, 11) is -1.59. The first-order valence-corrected chi connectivity index (χ1v) is 31.6. The molecule has 420 valence electrons. The lowest BCUT2D eigenvalue weighted by Crippen LogP contribution is -2.30. The van der Waals surface area contributed by atoms with E-state index in [1.54, 1.807) is 22.7 Å². The molecule has 18 rings (SSSR count). The Hall–Kier alpha value is -9.92. The molecule has 0 bridgehead atoms. The third-order valence-corrected chi connectivity index (χ3v) is 19.4. The summed E-state index contributed by atoms with van der Waals surface area (Å²) < 4.78 is 12.6. The Labute approximate surface area is 522 Å². The number of hydrogen-bond donors (Lipinski definition) is 2. The molecule has 12 heteroatoms. The molecule has 88 heavy (non-hydrogen) atoms. The van der Waals surface area contributed by atoms with Crippen molar-refractivity contribution in [3.63, 3.8) is 0 Å². The molecule has 0 aliphatic heterocycles. The Bertz CT molecular complexity index is 5290. The van der Waals surface area contributed by atoms with Gasteiger partial charge in [0.1, 0.15) is 5.01 Å². The second-order valence-corrected chi connectivity index (χ2v) is 25.6. The standard InChI is InChI=1S/C38H25N3S.C30H21BN2O2.C8H6BrNS/c1-24-18-19-37-32(20-24)39-38(42-37)25-21-26(40-33-14-6-2-10-28(33)29-11-3-7-15-34(29)40)23-27(22-25)41-35-16-8-4-12-30(35)31-13-5-9-17-36(31)41;34-31(35)20-17-21(32-27-13-5-1-9-23(27)24-10-2-6-14-28(24)32)19-22(18-20)33-29-15-7-3-11-25(29)26-12-4-8-16-30(26)33;1-5-2-3-7-6(4-5)10-8(9)11-7/h2-23H,1H3;1-19,34-35H;2-4H,1H3. The van der Waals surface area contributed by atoms with Crippen LogP contribution in [-0.2, 0) is 0 Å². The number of benzene rings is 12. The molecule has 0 atom stereocenters. The van der Waals surface area contributed by atoms with Gasteiger partial charge in [0.05, 0.1) is 64.6 Å². The van der Waals surface area contributed by atoms with Gasteiger partial charge in [-0.15, -0.1) is 22.7 Å². The molecule has 6 heterocycles. The number of fused-ring (bicyclic) bond motifs is 14. The molecule has 0 saturated carbocycles. The van der Waals surface area contributed by atoms with Crippen LogP contribution in [-0.4, -0.2) is 45.4 Å². The topological polar surface area (TPSA) is 86.0 Å². The minimum Gasteiger partial charge on any atom is -0.423 e. The van der Waals surface area contributed by atoms with E-state index in [1.807, 2.05) is 36.4 Å². The van der Waals surface area contributed by atoms with Gasteiger partial charge < -0.3 is 28.3 Å². The molecule has 0 unspecified atom stereocenters. The highest BCUT2D eigenvalue weighted by atomic mass is 79.9. The summed E-state index contributed by atoms with van der Waals surface area (Å²) in [4.78, 5) is 9.45. The number of rotatable bonds is 6. The Balaban J connectivity index is 0.000000122. The van der Waals surface area contributed by atoms with E-state index in [9.17, 15) is 10.0 Å². The zero-order valence-electron chi connectivity index (χ0n) is 47.8. The second kappa shape index (κ2) is 21.8. The van der Waals surface area contributed by atoms with Gasteiger partial charge in [-0.05, 0) is 156 Å². The SMILES string of the molecule is Cc1ccc2sc(-c3cc(-n4c5ccccc5c5ccccc54)cc(-n4c5ccccc5c5ccccc54)c3)nc2c1.Cc1ccc2sc(Br)nc2c1.OB(O)c1cc(-n2c3ccccc3c3ccccc32)cc(-n2c3ccccc3c3ccccc32)c1. The molecule has 0 radical (unpaired) electrons. The van der Waals surface area contributed by atoms with Crippen molar-refractivity contribution in [2.24, 2.45) is 0 Å². The maximum absolute atomic E-state index is 10.3. The first-order valence-electron chi connectivity index (χ1n) is 29.2. The van der Waals surface area contributed by atoms with E-state index in [2.05, 4.69) is 284 Å². The molecule has 6 aromatic heterocycles. The molecule has 8 nitrogen and oxygen atoms in total. The van der Waals surface area contributed by atoms with Crippen LogP contribution in [0.15, 0.2) is 271 Å². The van der Waals surface area contributed by atoms with Crippen LogP contribution in [0.1, 0.15) is 11.1 Å². The third kappa shape index (κ3) is 9.19. The van der Waals surface area contributed by atoms with Crippen LogP contribution in [0.2, 0.25) is 0 Å². The molecular formula is C76H52BBrN6O2S2. The van der Waals surface area contributed by atoms with Crippen molar-refractivity contribution in [2.45, 2.75) is 13.8 Å². The number of para-hydroxylation sites is 8. The third-order valence-electron chi connectivity index (χ3n) is 16.8. The van der Waals surface area contributed by atoms with Gasteiger partial charge in [0.2, 0.25) is 0 Å². The fraction of sp³-hybridized carbons (Fsp3) is 0.0263. The van der Waals surface area contributed by atoms with Gasteiger partial charge in [0.25, 0.3) is 0 Å². The van der Waals surface area contributed by atoms with Crippen LogP contribution >= 0.6 is 38.6 Å². The van der Waals surface area contributed by atoms with Crippen molar-refractivity contribution in [3.05, 3.63) is 282 Å². The minimum absolute atomic E-state index is 0.446. The van der Waals surface area contributed by atoms with Crippen LogP contribution in [0.5, 0.6) is 0 Å². The molecule has 0 aliphatic rings. The maximum Gasteiger partial charge on any atom is 0.488 e. The van der Waals surface area contributed by atoms with E-state index >= 15 is 0 Å². The summed E-state index contributed by atoms with van der Waals surface area (Å²) in [5, 5.41) is 31.2. The van der Waals surface area contributed by atoms with Crippen LogP contribution in [0.3, 0.4) is 0 Å². The van der Waals surface area contributed by atoms with Gasteiger partial charge >= 0.3 is 7.12 Å². The number of aromatic nitrogens is 6. The Kier molecular flexibility index (Phi) is 13.3. The number of aryl methyl sites for hydroxylation is 2. The highest BCUT2D eigenvalue weighted by Gasteiger charge is 2.22. The summed E-state index contributed by atoms with van der Waals surface area (Å²) in [5.41, 5.74) is 19.3. The van der Waals surface area contributed by atoms with E-state index in [-0.39, 0.29) is 0 Å². The van der Waals surface area contributed by atoms with Crippen molar-refractivity contribution in [2.75, 3.05) is 0 Å². The molecule has 0 spiro atoms. The summed E-state index contributed by atoms with van der Waals surface area (Å²) in [6.07, 6.45) is 0. The molecule has 0 amide bonds. The predicted octanol–water partition coefficient (Wildman–Crippen LogP) is 19.4. The minimum atomic E-state index is -1.59. The van der Waals surface area contributed by atoms with E-state index in [4.69, 9.17) is 4.98 Å². The largest absolute Gasteiger partial charge is 0.488 e. The average Bonchev–Trinajstić information content (AvgIpc) is 2.41. The quantitative estimate of drug-likeness (QED) is 0.162. The molecule has 2 N–H and O–H groups in total. The molecule has 0 saturated heterocycles. The lowest BCUT2D eigenvalue weighted by Gasteiger charge is -2.15. The molecule has 0 fully saturated rings. The highest BCUT2D eigenvalue weighted by molar-refractivity contribution is 9.11. The molecule has 12 aromatic carbocycles. The Morgan fingerprint density at radius 2 is 0.614 bits per heavy atom. The van der Waals surface area contributed by atoms with E-state index in [1.165, 1.54) is 64.1 Å². The first kappa shape index (κ1) is 53.5. The number of nitrogens with zero attached hydrogens (tertiary/aromatic N) is 6. The Morgan fingerprint density at radius 1 is 0.330 bits per heavy atom. The molecule has 0 aliphatic carbocycles. The average molecular weight is 1240 g/mol. The summed E-state index contributed by atoms with van der Waals surface area (Å²) >= 11 is 6.78. The van der Waals surface area contributed by atoms with E-state index in [0.717, 1.165) is 91.9 Å². The molecule has 18 aromatic rings. The normalized spacial score (nSPS) is 11.7. The predicted molar refractivity (Wildman–Crippen MR) is 375 cm³/mol. The maximum atomic E-state index is 10.3. The van der Waals surface area contributed by atoms with Crippen LogP contribution in [0, 0.1) is 13.8 Å². The van der Waals surface area contributed by atoms with Crippen LogP contribution < -0.4 is 5.46 Å². The Morgan fingerprint density at radius 3 is 0.932 bits per heavy atom. The summed E-state index contributed by atoms with van der Waals surface area (Å²) in [6.45, 7) is 4.20. The monoisotopic (exact) mass is 1230 g/mol. The zero-order chi connectivity index (χ0) is 59.1. The van der Waals surface area contributed by atoms with Gasteiger partial charge in [-0.2, -0.15) is 0 Å². The lowest BCUT2D eigenvalue weighted by atomic mass is 9.80. The van der Waals surface area contributed by atoms with Gasteiger partial charge in [-0.1, -0.05) is 158 Å². The number of halogens is 1. The van der Waals surface area contributed by atoms with Gasteiger partial charge in [0, 0.05) is 71.4 Å². The van der Waals surface area contributed by atoms with Crippen LogP contribution in [0.25, 0.3) is 141 Å². The number of hydrogen-bond acceptors (Lipinski definition) is 6. The van der Waals surface area contributed by atoms with Gasteiger partial charge in [-0.3, -0.25) is 0 Å². The van der Waals surface area contributed by atoms with Gasteiger partial charge in [0.15, 0.2) is 3.92 Å². The van der Waals surface area contributed by atoms with Crippen molar-refractivity contribution >= 4 is 159 Å². The van der Waals surface area contributed by atoms with E-state index in [0.29, 0.717) is 5.46 Å². The smallest absolute Gasteiger partial charge is 0.423 e. The number of thiazole rings is 2. The fourth-order valence-corrected chi connectivity index (χ4v) is 15.3. The second-order valence-electron chi connectivity index (χ2n) is 22.3. The molecular weight excluding hydrogens is 1180 g/mol. The van der Waals surface area contributed by atoms with Crippen molar-refractivity contribution in [1.29, 1.82) is 0 Å². The lowest BCUT2D eigenvalue weighted by molar-refractivity contribution is 0.425. The van der Waals surface area contributed by atoms with Crippen LogP contribution in [0.4, 0.5) is 0 Å². The van der Waals surface area contributed by atoms with Crippen molar-refractivity contribution in [1.82, 2.24) is 28.2 Å². The summed E-state index contributed by atoms with van der Waals surface area (Å²) in [5.74, 6) is 0. The van der Waals surface area contributed by atoms with Crippen molar-refractivity contribution < 1.29 is 10.0 Å². The van der Waals surface area contributed by atoms with Gasteiger partial charge in [-0.25, -0.2) is 9.97 Å². The summed E-state index contributed by atoms with van der Waals surface area (Å²) in [6, 6.07) is 93.8.